The van der Waals surface area contributed by atoms with Crippen LogP contribution in [0.2, 0.25) is 0 Å². The van der Waals surface area contributed by atoms with Crippen molar-refractivity contribution in [3.63, 3.8) is 0 Å². The second kappa shape index (κ2) is 4.14. The van der Waals surface area contributed by atoms with Crippen LogP contribution >= 0.6 is 27.3 Å². The molecule has 0 radical (unpaired) electrons. The quantitative estimate of drug-likeness (QED) is 0.606. The van der Waals surface area contributed by atoms with Gasteiger partial charge < -0.3 is 4.79 Å². The van der Waals surface area contributed by atoms with Crippen LogP contribution in [0, 0.1) is 13.8 Å². The number of rotatable bonds is 3. The van der Waals surface area contributed by atoms with Crippen LogP contribution in [-0.4, -0.2) is 16.1 Å². The average molecular weight is 248 g/mol. The zero-order chi connectivity index (χ0) is 9.14. The number of halogens is 1. The number of hydrogen-bond donors (Lipinski definition) is 0. The number of hydrogen-bond acceptors (Lipinski definition) is 3. The minimum absolute atomic E-state index is 0.0731. The average Bonchev–Trinajstić information content (AvgIpc) is 2.30. The molecule has 2 nitrogen and oxygen atoms in total. The zero-order valence-corrected chi connectivity index (χ0v) is 9.41. The lowest BCUT2D eigenvalue weighted by atomic mass is 10.2. The Hall–Kier alpha value is -0.220. The predicted molar refractivity (Wildman–Crippen MR) is 54.1 cm³/mol. The van der Waals surface area contributed by atoms with Crippen molar-refractivity contribution in [1.29, 1.82) is 0 Å². The number of carbonyl (C=O) groups is 1. The number of aldehydes is 1. The lowest BCUT2D eigenvalue weighted by molar-refractivity contribution is -0.107. The first kappa shape index (κ1) is 9.86. The molecule has 1 heterocycles. The highest BCUT2D eigenvalue weighted by Crippen LogP contribution is 2.20. The Morgan fingerprint density at radius 3 is 2.75 bits per heavy atom. The van der Waals surface area contributed by atoms with E-state index < -0.39 is 0 Å². The highest BCUT2D eigenvalue weighted by atomic mass is 79.9. The van der Waals surface area contributed by atoms with E-state index in [4.69, 9.17) is 0 Å². The van der Waals surface area contributed by atoms with Gasteiger partial charge in [-0.2, -0.15) is 0 Å². The van der Waals surface area contributed by atoms with E-state index in [9.17, 15) is 4.79 Å². The number of thiazole rings is 1. The van der Waals surface area contributed by atoms with Gasteiger partial charge in [0.15, 0.2) is 0 Å². The lowest BCUT2D eigenvalue weighted by Crippen LogP contribution is -2.02. The molecule has 66 valence electrons. The van der Waals surface area contributed by atoms with E-state index in [0.29, 0.717) is 0 Å². The molecular weight excluding hydrogens is 238 g/mol. The smallest absolute Gasteiger partial charge is 0.133 e. The van der Waals surface area contributed by atoms with Gasteiger partial charge in [-0.1, -0.05) is 15.9 Å². The number of alkyl halides is 1. The van der Waals surface area contributed by atoms with E-state index in [1.54, 1.807) is 11.3 Å². The molecule has 0 spiro atoms. The normalized spacial score (nSPS) is 12.9. The van der Waals surface area contributed by atoms with Gasteiger partial charge in [-0.05, 0) is 13.8 Å². The second-order valence-corrected chi connectivity index (χ2v) is 5.06. The van der Waals surface area contributed by atoms with Crippen molar-refractivity contribution in [2.24, 2.45) is 0 Å². The Morgan fingerprint density at radius 1 is 1.67 bits per heavy atom. The highest BCUT2D eigenvalue weighted by molar-refractivity contribution is 9.09. The van der Waals surface area contributed by atoms with E-state index >= 15 is 0 Å². The van der Waals surface area contributed by atoms with Gasteiger partial charge in [0.05, 0.1) is 15.5 Å². The van der Waals surface area contributed by atoms with Gasteiger partial charge in [0.25, 0.3) is 0 Å². The van der Waals surface area contributed by atoms with Gasteiger partial charge in [0.1, 0.15) is 6.29 Å². The third kappa shape index (κ3) is 2.38. The van der Waals surface area contributed by atoms with Crippen molar-refractivity contribution in [1.82, 2.24) is 4.98 Å². The first-order chi connectivity index (χ1) is 5.63. The molecule has 4 heteroatoms. The molecule has 0 aliphatic carbocycles. The van der Waals surface area contributed by atoms with Crippen molar-refractivity contribution < 1.29 is 4.79 Å². The van der Waals surface area contributed by atoms with E-state index in [1.165, 1.54) is 4.88 Å². The fraction of sp³-hybridized carbons (Fsp3) is 0.500. The fourth-order valence-electron chi connectivity index (χ4n) is 0.988. The molecule has 0 bridgehead atoms. The molecule has 1 unspecified atom stereocenters. The standard InChI is InChI=1S/C8H10BrNOS/c1-5-8(3-7(9)4-11)12-6(2)10-5/h4,7H,3H2,1-2H3. The summed E-state index contributed by atoms with van der Waals surface area (Å²) in [7, 11) is 0. The molecular formula is C8H10BrNOS. The Kier molecular flexibility index (Phi) is 3.40. The van der Waals surface area contributed by atoms with Gasteiger partial charge in [0.2, 0.25) is 0 Å². The Morgan fingerprint density at radius 2 is 2.33 bits per heavy atom. The van der Waals surface area contributed by atoms with E-state index in [2.05, 4.69) is 20.9 Å². The molecule has 0 fully saturated rings. The summed E-state index contributed by atoms with van der Waals surface area (Å²) >= 11 is 4.93. The lowest BCUT2D eigenvalue weighted by Gasteiger charge is -1.98. The minimum atomic E-state index is -0.0731. The van der Waals surface area contributed by atoms with Crippen LogP contribution in [0.5, 0.6) is 0 Å². The summed E-state index contributed by atoms with van der Waals surface area (Å²) in [5, 5.41) is 1.06. The van der Waals surface area contributed by atoms with E-state index in [-0.39, 0.29) is 4.83 Å². The van der Waals surface area contributed by atoms with E-state index in [1.807, 2.05) is 13.8 Å². The summed E-state index contributed by atoms with van der Waals surface area (Å²) < 4.78 is 0. The second-order valence-electron chi connectivity index (χ2n) is 2.60. The van der Waals surface area contributed by atoms with Crippen LogP contribution < -0.4 is 0 Å². The summed E-state index contributed by atoms with van der Waals surface area (Å²) in [6.45, 7) is 3.95. The maximum absolute atomic E-state index is 10.4. The first-order valence-electron chi connectivity index (χ1n) is 3.65. The molecule has 1 aromatic heterocycles. The molecule has 0 saturated heterocycles. The monoisotopic (exact) mass is 247 g/mol. The summed E-state index contributed by atoms with van der Waals surface area (Å²) in [5.41, 5.74) is 1.05. The van der Waals surface area contributed by atoms with Crippen molar-refractivity contribution in [2.45, 2.75) is 25.1 Å². The van der Waals surface area contributed by atoms with Crippen LogP contribution in [0.25, 0.3) is 0 Å². The molecule has 0 aromatic carbocycles. The van der Waals surface area contributed by atoms with Crippen molar-refractivity contribution >= 4 is 33.6 Å². The van der Waals surface area contributed by atoms with Crippen molar-refractivity contribution in [3.05, 3.63) is 15.6 Å². The predicted octanol–water partition coefficient (Wildman–Crippen LogP) is 2.26. The van der Waals surface area contributed by atoms with Gasteiger partial charge in [-0.3, -0.25) is 0 Å². The fourth-order valence-corrected chi connectivity index (χ4v) is 2.52. The van der Waals surface area contributed by atoms with Gasteiger partial charge >= 0.3 is 0 Å². The van der Waals surface area contributed by atoms with Crippen LogP contribution in [0.4, 0.5) is 0 Å². The summed E-state index contributed by atoms with van der Waals surface area (Å²) in [6.07, 6.45) is 1.66. The largest absolute Gasteiger partial charge is 0.302 e. The minimum Gasteiger partial charge on any atom is -0.302 e. The summed E-state index contributed by atoms with van der Waals surface area (Å²) in [6, 6.07) is 0. The molecule has 0 aliphatic heterocycles. The molecule has 1 atom stereocenters. The van der Waals surface area contributed by atoms with Gasteiger partial charge in [-0.25, -0.2) is 4.98 Å². The molecule has 0 amide bonds. The first-order valence-corrected chi connectivity index (χ1v) is 5.39. The number of aromatic nitrogens is 1. The van der Waals surface area contributed by atoms with Crippen LogP contribution in [0.1, 0.15) is 15.6 Å². The summed E-state index contributed by atoms with van der Waals surface area (Å²) in [4.78, 5) is 15.8. The maximum Gasteiger partial charge on any atom is 0.133 e. The van der Waals surface area contributed by atoms with Gasteiger partial charge in [-0.15, -0.1) is 11.3 Å². The third-order valence-corrected chi connectivity index (χ3v) is 3.16. The molecule has 0 N–H and O–H groups in total. The van der Waals surface area contributed by atoms with Crippen LogP contribution in [0.3, 0.4) is 0 Å². The SMILES string of the molecule is Cc1nc(C)c(CC(Br)C=O)s1. The maximum atomic E-state index is 10.4. The number of aryl methyl sites for hydroxylation is 2. The molecule has 0 aliphatic rings. The molecule has 0 saturated carbocycles. The molecule has 12 heavy (non-hydrogen) atoms. The van der Waals surface area contributed by atoms with Crippen molar-refractivity contribution in [2.75, 3.05) is 0 Å². The third-order valence-electron chi connectivity index (χ3n) is 1.53. The van der Waals surface area contributed by atoms with E-state index in [0.717, 1.165) is 23.4 Å². The Balaban J connectivity index is 2.74. The van der Waals surface area contributed by atoms with Crippen LogP contribution in [-0.2, 0) is 11.2 Å². The van der Waals surface area contributed by atoms with Gasteiger partial charge in [0, 0.05) is 11.3 Å². The molecule has 1 aromatic rings. The Bertz CT molecular complexity index is 285. The summed E-state index contributed by atoms with van der Waals surface area (Å²) in [5.74, 6) is 0. The topological polar surface area (TPSA) is 30.0 Å². The zero-order valence-electron chi connectivity index (χ0n) is 7.00. The number of carbonyl (C=O) groups excluding carboxylic acids is 1. The van der Waals surface area contributed by atoms with Crippen molar-refractivity contribution in [3.8, 4) is 0 Å². The number of nitrogens with zero attached hydrogens (tertiary/aromatic N) is 1. The molecule has 1 rings (SSSR count). The van der Waals surface area contributed by atoms with Crippen LogP contribution in [0.15, 0.2) is 0 Å². The Labute approximate surface area is 84.1 Å². The highest BCUT2D eigenvalue weighted by Gasteiger charge is 2.09.